The summed E-state index contributed by atoms with van der Waals surface area (Å²) in [5.74, 6) is 0.191. The van der Waals surface area contributed by atoms with Gasteiger partial charge >= 0.3 is 0 Å². The third kappa shape index (κ3) is 5.33. The van der Waals surface area contributed by atoms with E-state index in [1.54, 1.807) is 0 Å². The molecule has 0 radical (unpaired) electrons. The second kappa shape index (κ2) is 7.71. The molecule has 0 aromatic heterocycles. The third-order valence-corrected chi connectivity index (χ3v) is 4.22. The van der Waals surface area contributed by atoms with Gasteiger partial charge in [-0.2, -0.15) is 0 Å². The van der Waals surface area contributed by atoms with Crippen LogP contribution in [-0.2, 0) is 10.0 Å². The molecule has 102 valence electrons. The summed E-state index contributed by atoms with van der Waals surface area (Å²) in [6.07, 6.45) is 3.67. The molecule has 6 heteroatoms. The van der Waals surface area contributed by atoms with Gasteiger partial charge in [-0.25, -0.2) is 17.5 Å². The van der Waals surface area contributed by atoms with Crippen LogP contribution < -0.4 is 4.72 Å². The summed E-state index contributed by atoms with van der Waals surface area (Å²) in [4.78, 5) is 0.0876. The van der Waals surface area contributed by atoms with E-state index in [-0.39, 0.29) is 4.90 Å². The van der Waals surface area contributed by atoms with Crippen molar-refractivity contribution in [3.8, 4) is 0 Å². The van der Waals surface area contributed by atoms with E-state index in [2.05, 4.69) is 4.72 Å². The molecule has 0 fully saturated rings. The summed E-state index contributed by atoms with van der Waals surface area (Å²) in [6, 6.07) is 4.78. The highest BCUT2D eigenvalue weighted by molar-refractivity contribution is 7.89. The van der Waals surface area contributed by atoms with Gasteiger partial charge in [0.15, 0.2) is 0 Å². The van der Waals surface area contributed by atoms with Crippen molar-refractivity contribution in [1.82, 2.24) is 4.72 Å². The molecule has 0 atom stereocenters. The second-order valence-corrected chi connectivity index (χ2v) is 6.10. The van der Waals surface area contributed by atoms with Gasteiger partial charge in [0.1, 0.15) is 5.82 Å². The maximum absolute atomic E-state index is 12.7. The molecule has 1 aromatic rings. The Balaban J connectivity index is 2.38. The van der Waals surface area contributed by atoms with Gasteiger partial charge in [0.05, 0.1) is 4.90 Å². The molecule has 0 spiro atoms. The van der Waals surface area contributed by atoms with Crippen LogP contribution in [0.3, 0.4) is 0 Å². The van der Waals surface area contributed by atoms with E-state index in [1.165, 1.54) is 12.1 Å². The minimum Gasteiger partial charge on any atom is -0.211 e. The number of rotatable bonds is 8. The van der Waals surface area contributed by atoms with Crippen LogP contribution in [-0.4, -0.2) is 20.8 Å². The van der Waals surface area contributed by atoms with E-state index in [1.807, 2.05) is 0 Å². The lowest BCUT2D eigenvalue weighted by atomic mass is 10.2. The van der Waals surface area contributed by atoms with Crippen molar-refractivity contribution >= 4 is 21.6 Å². The fraction of sp³-hybridized carbons (Fsp3) is 0.500. The summed E-state index contributed by atoms with van der Waals surface area (Å²) in [5, 5.41) is 0. The Morgan fingerprint density at radius 2 is 1.67 bits per heavy atom. The van der Waals surface area contributed by atoms with Gasteiger partial charge in [-0.3, -0.25) is 0 Å². The van der Waals surface area contributed by atoms with Gasteiger partial charge in [0.25, 0.3) is 0 Å². The molecule has 0 aliphatic heterocycles. The molecule has 1 rings (SSSR count). The summed E-state index contributed by atoms with van der Waals surface area (Å²) in [7, 11) is -3.51. The summed E-state index contributed by atoms with van der Waals surface area (Å²) < 4.78 is 38.7. The van der Waals surface area contributed by atoms with Gasteiger partial charge in [0.2, 0.25) is 10.0 Å². The molecule has 3 nitrogen and oxygen atoms in total. The van der Waals surface area contributed by atoms with E-state index < -0.39 is 15.8 Å². The predicted molar refractivity (Wildman–Crippen MR) is 70.8 cm³/mol. The first kappa shape index (κ1) is 15.4. The highest BCUT2D eigenvalue weighted by atomic mass is 35.5. The van der Waals surface area contributed by atoms with Gasteiger partial charge in [-0.15, -0.1) is 11.6 Å². The van der Waals surface area contributed by atoms with Crippen LogP contribution in [0.5, 0.6) is 0 Å². The van der Waals surface area contributed by atoms with Gasteiger partial charge in [-0.1, -0.05) is 12.8 Å². The summed E-state index contributed by atoms with van der Waals surface area (Å²) in [5.41, 5.74) is 0. The Hall–Kier alpha value is -0.650. The average molecular weight is 294 g/mol. The highest BCUT2D eigenvalue weighted by Crippen LogP contribution is 2.09. The Kier molecular flexibility index (Phi) is 6.60. The molecular formula is C12H17ClFNO2S. The number of hydrogen-bond donors (Lipinski definition) is 1. The summed E-state index contributed by atoms with van der Waals surface area (Å²) >= 11 is 5.54. The van der Waals surface area contributed by atoms with E-state index in [0.717, 1.165) is 37.8 Å². The summed E-state index contributed by atoms with van der Waals surface area (Å²) in [6.45, 7) is 0.391. The lowest BCUT2D eigenvalue weighted by Gasteiger charge is -2.06. The number of benzene rings is 1. The second-order valence-electron chi connectivity index (χ2n) is 3.95. The topological polar surface area (TPSA) is 46.2 Å². The Labute approximate surface area is 112 Å². The largest absolute Gasteiger partial charge is 0.240 e. The number of sulfonamides is 1. The number of alkyl halides is 1. The minimum atomic E-state index is -3.51. The van der Waals surface area contributed by atoms with E-state index in [9.17, 15) is 12.8 Å². The van der Waals surface area contributed by atoms with E-state index in [0.29, 0.717) is 12.4 Å². The van der Waals surface area contributed by atoms with Crippen LogP contribution in [0.15, 0.2) is 29.2 Å². The van der Waals surface area contributed by atoms with Crippen molar-refractivity contribution in [3.63, 3.8) is 0 Å². The molecule has 0 saturated carbocycles. The van der Waals surface area contributed by atoms with E-state index >= 15 is 0 Å². The molecule has 18 heavy (non-hydrogen) atoms. The van der Waals surface area contributed by atoms with Crippen molar-refractivity contribution in [2.24, 2.45) is 0 Å². The van der Waals surface area contributed by atoms with Crippen LogP contribution in [0.2, 0.25) is 0 Å². The zero-order valence-electron chi connectivity index (χ0n) is 10.0. The standard InChI is InChI=1S/C12H17ClFNO2S/c13-9-3-1-2-4-10-15-18(16,17)12-7-5-11(14)6-8-12/h5-8,15H,1-4,9-10H2. The maximum atomic E-state index is 12.7. The fourth-order valence-corrected chi connectivity index (χ4v) is 2.74. The molecule has 0 heterocycles. The maximum Gasteiger partial charge on any atom is 0.240 e. The number of nitrogens with one attached hydrogen (secondary N) is 1. The van der Waals surface area contributed by atoms with Crippen LogP contribution >= 0.6 is 11.6 Å². The van der Waals surface area contributed by atoms with Crippen LogP contribution in [0, 0.1) is 5.82 Å². The number of halogens is 2. The van der Waals surface area contributed by atoms with Gasteiger partial charge in [0, 0.05) is 12.4 Å². The van der Waals surface area contributed by atoms with Crippen molar-refractivity contribution in [3.05, 3.63) is 30.1 Å². The average Bonchev–Trinajstić information content (AvgIpc) is 2.34. The molecular weight excluding hydrogens is 277 g/mol. The van der Waals surface area contributed by atoms with E-state index in [4.69, 9.17) is 11.6 Å². The molecule has 0 saturated heterocycles. The minimum absolute atomic E-state index is 0.0876. The van der Waals surface area contributed by atoms with Crippen LogP contribution in [0.4, 0.5) is 4.39 Å². The van der Waals surface area contributed by atoms with Gasteiger partial charge < -0.3 is 0 Å². The SMILES string of the molecule is O=S(=O)(NCCCCCCCl)c1ccc(F)cc1. The lowest BCUT2D eigenvalue weighted by Crippen LogP contribution is -2.24. The van der Waals surface area contributed by atoms with Crippen molar-refractivity contribution in [2.75, 3.05) is 12.4 Å². The smallest absolute Gasteiger partial charge is 0.211 e. The van der Waals surface area contributed by atoms with Gasteiger partial charge in [-0.05, 0) is 37.1 Å². The highest BCUT2D eigenvalue weighted by Gasteiger charge is 2.12. The Morgan fingerprint density at radius 3 is 2.28 bits per heavy atom. The molecule has 1 N–H and O–H groups in total. The quantitative estimate of drug-likeness (QED) is 0.592. The van der Waals surface area contributed by atoms with Crippen molar-refractivity contribution < 1.29 is 12.8 Å². The lowest BCUT2D eigenvalue weighted by molar-refractivity contribution is 0.573. The molecule has 0 unspecified atom stereocenters. The zero-order valence-corrected chi connectivity index (χ0v) is 11.6. The monoisotopic (exact) mass is 293 g/mol. The first-order valence-corrected chi connectivity index (χ1v) is 7.89. The molecule has 1 aromatic carbocycles. The fourth-order valence-electron chi connectivity index (χ4n) is 1.48. The number of hydrogen-bond acceptors (Lipinski definition) is 2. The molecule has 0 aliphatic rings. The van der Waals surface area contributed by atoms with Crippen LogP contribution in [0.1, 0.15) is 25.7 Å². The Bertz CT molecular complexity index is 448. The Morgan fingerprint density at radius 1 is 1.06 bits per heavy atom. The molecule has 0 bridgehead atoms. The third-order valence-electron chi connectivity index (χ3n) is 2.48. The molecule has 0 aliphatic carbocycles. The van der Waals surface area contributed by atoms with Crippen molar-refractivity contribution in [2.45, 2.75) is 30.6 Å². The predicted octanol–water partition coefficient (Wildman–Crippen LogP) is 2.90. The van der Waals surface area contributed by atoms with Crippen LogP contribution in [0.25, 0.3) is 0 Å². The van der Waals surface area contributed by atoms with Crippen molar-refractivity contribution in [1.29, 1.82) is 0 Å². The first-order chi connectivity index (χ1) is 8.56. The molecule has 0 amide bonds. The normalized spacial score (nSPS) is 11.7. The zero-order chi connectivity index (χ0) is 13.4. The first-order valence-electron chi connectivity index (χ1n) is 5.87. The number of unbranched alkanes of at least 4 members (excludes halogenated alkanes) is 3.